The number of carbonyl (C=O) groups excluding carboxylic acids is 1. The van der Waals surface area contributed by atoms with Crippen LogP contribution in [0.25, 0.3) is 45.1 Å². The van der Waals surface area contributed by atoms with Crippen LogP contribution in [0.1, 0.15) is 68.6 Å². The van der Waals surface area contributed by atoms with Crippen molar-refractivity contribution in [3.63, 3.8) is 0 Å². The van der Waals surface area contributed by atoms with E-state index in [1.807, 2.05) is 119 Å². The fourth-order valence-corrected chi connectivity index (χ4v) is 6.54. The lowest BCUT2D eigenvalue weighted by Crippen LogP contribution is -2.18. The van der Waals surface area contributed by atoms with Crippen LogP contribution in [0.5, 0.6) is 23.0 Å². The van der Waals surface area contributed by atoms with Gasteiger partial charge in [0.2, 0.25) is 0 Å². The number of hydrogen-bond acceptors (Lipinski definition) is 10. The fraction of sp³-hybridized carbons (Fsp3) is 0.260. The first-order valence-corrected chi connectivity index (χ1v) is 20.9. The lowest BCUT2D eigenvalue weighted by atomic mass is 10.1. The van der Waals surface area contributed by atoms with Crippen molar-refractivity contribution in [2.45, 2.75) is 73.5 Å². The summed E-state index contributed by atoms with van der Waals surface area (Å²) in [5, 5.41) is 3.46. The lowest BCUT2D eigenvalue weighted by molar-refractivity contribution is 0.112. The first kappa shape index (κ1) is 43.1. The Morgan fingerprint density at radius 3 is 1.58 bits per heavy atom. The molecule has 0 spiro atoms. The van der Waals surface area contributed by atoms with E-state index in [0.29, 0.717) is 64.7 Å². The van der Waals surface area contributed by atoms with Crippen LogP contribution in [0.4, 0.5) is 0 Å². The van der Waals surface area contributed by atoms with Gasteiger partial charge in [-0.25, -0.2) is 19.9 Å². The van der Waals surface area contributed by atoms with E-state index in [-0.39, 0.29) is 12.2 Å². The van der Waals surface area contributed by atoms with Crippen LogP contribution in [0.2, 0.25) is 0 Å². The number of aromatic amines is 2. The molecule has 0 bridgehead atoms. The summed E-state index contributed by atoms with van der Waals surface area (Å²) in [7, 11) is 0. The second kappa shape index (κ2) is 20.5. The van der Waals surface area contributed by atoms with Crippen molar-refractivity contribution in [1.82, 2.24) is 35.2 Å². The first-order valence-electron chi connectivity index (χ1n) is 20.9. The summed E-state index contributed by atoms with van der Waals surface area (Å²) in [5.41, 5.74) is 8.26. The molecule has 0 saturated heterocycles. The van der Waals surface area contributed by atoms with E-state index >= 15 is 0 Å². The van der Waals surface area contributed by atoms with E-state index in [1.54, 1.807) is 6.07 Å². The molecule has 4 heterocycles. The number of nitrogens with zero attached hydrogens (tertiary/aromatic N) is 4. The normalized spacial score (nSPS) is 11.2. The molecule has 318 valence electrons. The summed E-state index contributed by atoms with van der Waals surface area (Å²) in [6, 6.07) is 35.5. The molecule has 4 aromatic carbocycles. The Labute approximate surface area is 362 Å². The van der Waals surface area contributed by atoms with Crippen LogP contribution < -0.4 is 24.3 Å². The van der Waals surface area contributed by atoms with Gasteiger partial charge in [0.05, 0.1) is 34.4 Å². The molecule has 0 unspecified atom stereocenters. The van der Waals surface area contributed by atoms with Crippen molar-refractivity contribution in [2.24, 2.45) is 5.92 Å². The number of fused-ring (bicyclic) bond motifs is 2. The van der Waals surface area contributed by atoms with Gasteiger partial charge >= 0.3 is 0 Å². The summed E-state index contributed by atoms with van der Waals surface area (Å²) < 4.78 is 24.0. The van der Waals surface area contributed by atoms with Crippen LogP contribution in [0.3, 0.4) is 0 Å². The van der Waals surface area contributed by atoms with E-state index in [1.165, 1.54) is 6.20 Å². The Kier molecular flexibility index (Phi) is 14.2. The predicted octanol–water partition coefficient (Wildman–Crippen LogP) is 10.5. The molecule has 0 atom stereocenters. The molecule has 8 aromatic rings. The molecule has 0 fully saturated rings. The number of carbonyl (C=O) groups is 1. The van der Waals surface area contributed by atoms with Crippen LogP contribution in [0, 0.1) is 5.92 Å². The largest absolute Gasteiger partial charge is 0.490 e. The minimum atomic E-state index is 0.00834. The Morgan fingerprint density at radius 2 is 1.10 bits per heavy atom. The summed E-state index contributed by atoms with van der Waals surface area (Å²) in [6.07, 6.45) is 4.20. The molecule has 0 aliphatic carbocycles. The van der Waals surface area contributed by atoms with Crippen LogP contribution >= 0.6 is 0 Å². The van der Waals surface area contributed by atoms with Gasteiger partial charge in [0.1, 0.15) is 47.9 Å². The molecule has 0 aliphatic rings. The molecule has 0 radical (unpaired) electrons. The second-order valence-electron chi connectivity index (χ2n) is 15.9. The van der Waals surface area contributed by atoms with Crippen molar-refractivity contribution < 1.29 is 23.7 Å². The molecule has 0 amide bonds. The standard InChI is InChI=1S/C27H32N4O2.C23H21N3O3/c1-18(2)14-28-15-21-12-24-27(29-16-21)31-26(30-24)23-13-22(10-11-25(23)33-19(3)4)32-17-20-8-6-5-7-9-20;1-15(2)29-21-9-8-18(28-14-16-6-4-3-5-7-16)11-19(21)22-25-20-10-17(13-27)12-24-23(20)26-22/h5-13,16,18-19,28H,14-15,17H2,1-4H3,(H,29,30,31);3-13,15H,14H2,1-2H3,(H,24,25,26). The van der Waals surface area contributed by atoms with Crippen molar-refractivity contribution in [2.75, 3.05) is 6.54 Å². The maximum Gasteiger partial charge on any atom is 0.178 e. The second-order valence-corrected chi connectivity index (χ2v) is 15.9. The zero-order valence-corrected chi connectivity index (χ0v) is 36.0. The van der Waals surface area contributed by atoms with E-state index in [4.69, 9.17) is 23.9 Å². The van der Waals surface area contributed by atoms with E-state index < -0.39 is 0 Å². The highest BCUT2D eigenvalue weighted by atomic mass is 16.5. The van der Waals surface area contributed by atoms with Crippen molar-refractivity contribution in [3.05, 3.63) is 144 Å². The number of imidazole rings is 2. The molecule has 0 aliphatic heterocycles. The average molecular weight is 832 g/mol. The topological polar surface area (TPSA) is 149 Å². The number of aldehydes is 1. The van der Waals surface area contributed by atoms with Crippen LogP contribution in [-0.4, -0.2) is 54.9 Å². The van der Waals surface area contributed by atoms with E-state index in [2.05, 4.69) is 62.3 Å². The number of H-pyrrole nitrogens is 2. The predicted molar refractivity (Wildman–Crippen MR) is 244 cm³/mol. The maximum absolute atomic E-state index is 11.0. The maximum atomic E-state index is 11.0. The quantitative estimate of drug-likeness (QED) is 0.0757. The number of pyridine rings is 2. The summed E-state index contributed by atoms with van der Waals surface area (Å²) in [6.45, 7) is 15.1. The minimum absolute atomic E-state index is 0.00834. The highest BCUT2D eigenvalue weighted by Crippen LogP contribution is 2.35. The SMILES string of the molecule is CC(C)CNCc1cnc2nc(-c3cc(OCc4ccccc4)ccc3OC(C)C)[nH]c2c1.CC(C)Oc1ccc(OCc2ccccc2)cc1-c1nc2ncc(C=O)cc2[nH]1. The average Bonchev–Trinajstić information content (AvgIpc) is 3.90. The van der Waals surface area contributed by atoms with Crippen molar-refractivity contribution in [3.8, 4) is 45.8 Å². The molecule has 12 heteroatoms. The van der Waals surface area contributed by atoms with Crippen molar-refractivity contribution in [1.29, 1.82) is 0 Å². The number of hydrogen-bond donors (Lipinski definition) is 3. The summed E-state index contributed by atoms with van der Waals surface area (Å²) >= 11 is 0. The van der Waals surface area contributed by atoms with Gasteiger partial charge in [0, 0.05) is 24.5 Å². The molecule has 62 heavy (non-hydrogen) atoms. The van der Waals surface area contributed by atoms with Crippen molar-refractivity contribution >= 4 is 28.6 Å². The zero-order valence-electron chi connectivity index (χ0n) is 36.0. The Hall–Kier alpha value is -7.05. The summed E-state index contributed by atoms with van der Waals surface area (Å²) in [5.74, 6) is 4.86. The minimum Gasteiger partial charge on any atom is -0.490 e. The fourth-order valence-electron chi connectivity index (χ4n) is 6.54. The number of benzene rings is 4. The molecule has 3 N–H and O–H groups in total. The molecule has 0 saturated carbocycles. The Bertz CT molecular complexity index is 2690. The smallest absolute Gasteiger partial charge is 0.178 e. The highest BCUT2D eigenvalue weighted by Gasteiger charge is 2.17. The zero-order chi connectivity index (χ0) is 43.4. The molecular weight excluding hydrogens is 779 g/mol. The number of ether oxygens (including phenoxy) is 4. The van der Waals surface area contributed by atoms with Gasteiger partial charge in [-0.3, -0.25) is 4.79 Å². The van der Waals surface area contributed by atoms with E-state index in [9.17, 15) is 4.79 Å². The number of rotatable bonds is 17. The third-order valence-electron chi connectivity index (χ3n) is 9.40. The van der Waals surface area contributed by atoms with Crippen LogP contribution in [-0.2, 0) is 19.8 Å². The monoisotopic (exact) mass is 831 g/mol. The molecular formula is C50H53N7O5. The molecule has 12 nitrogen and oxygen atoms in total. The first-order chi connectivity index (χ1) is 30.1. The van der Waals surface area contributed by atoms with Crippen LogP contribution in [0.15, 0.2) is 122 Å². The van der Waals surface area contributed by atoms with Gasteiger partial charge in [0.15, 0.2) is 17.6 Å². The van der Waals surface area contributed by atoms with Gasteiger partial charge in [0.25, 0.3) is 0 Å². The number of nitrogens with one attached hydrogen (secondary N) is 3. The number of aromatic nitrogens is 6. The third kappa shape index (κ3) is 11.6. The lowest BCUT2D eigenvalue weighted by Gasteiger charge is -2.15. The van der Waals surface area contributed by atoms with Gasteiger partial charge in [-0.05, 0) is 105 Å². The van der Waals surface area contributed by atoms with Gasteiger partial charge in [-0.1, -0.05) is 74.5 Å². The Balaban J connectivity index is 0.000000188. The molecule has 4 aromatic heterocycles. The highest BCUT2D eigenvalue weighted by molar-refractivity contribution is 5.84. The van der Waals surface area contributed by atoms with E-state index in [0.717, 1.165) is 64.2 Å². The van der Waals surface area contributed by atoms with Gasteiger partial charge in [-0.15, -0.1) is 0 Å². The van der Waals surface area contributed by atoms with Gasteiger partial charge < -0.3 is 34.2 Å². The van der Waals surface area contributed by atoms with Gasteiger partial charge in [-0.2, -0.15) is 0 Å². The summed E-state index contributed by atoms with van der Waals surface area (Å²) in [4.78, 5) is 35.8. The third-order valence-corrected chi connectivity index (χ3v) is 9.40. The Morgan fingerprint density at radius 1 is 0.597 bits per heavy atom. The molecule has 8 rings (SSSR count).